The van der Waals surface area contributed by atoms with E-state index in [0.29, 0.717) is 30.2 Å². The summed E-state index contributed by atoms with van der Waals surface area (Å²) < 4.78 is 5.31. The van der Waals surface area contributed by atoms with Gasteiger partial charge in [-0.3, -0.25) is 4.79 Å². The van der Waals surface area contributed by atoms with Crippen molar-refractivity contribution in [1.82, 2.24) is 15.3 Å². The van der Waals surface area contributed by atoms with Crippen molar-refractivity contribution in [3.05, 3.63) is 46.0 Å². The number of amides is 2. The van der Waals surface area contributed by atoms with E-state index in [4.69, 9.17) is 10.5 Å². The van der Waals surface area contributed by atoms with Crippen molar-refractivity contribution >= 4 is 17.5 Å². The van der Waals surface area contributed by atoms with E-state index < -0.39 is 0 Å². The number of H-pyrrole nitrogens is 1. The highest BCUT2D eigenvalue weighted by Crippen LogP contribution is 2.31. The van der Waals surface area contributed by atoms with E-state index >= 15 is 0 Å². The zero-order valence-electron chi connectivity index (χ0n) is 15.5. The number of carbonyl (C=O) groups excluding carboxylic acids is 1. The van der Waals surface area contributed by atoms with Crippen molar-refractivity contribution in [3.8, 4) is 5.75 Å². The van der Waals surface area contributed by atoms with Gasteiger partial charge in [0.15, 0.2) is 0 Å². The topological polar surface area (TPSA) is 122 Å². The van der Waals surface area contributed by atoms with Gasteiger partial charge < -0.3 is 26.1 Å². The second kappa shape index (κ2) is 7.90. The maximum atomic E-state index is 12.2. The lowest BCUT2D eigenvalue weighted by molar-refractivity contribution is 0.252. The van der Waals surface area contributed by atoms with Crippen LogP contribution in [0.3, 0.4) is 0 Å². The highest BCUT2D eigenvalue weighted by molar-refractivity contribution is 5.91. The van der Waals surface area contributed by atoms with Gasteiger partial charge in [-0.2, -0.15) is 0 Å². The number of methoxy groups -OCH3 is 1. The maximum absolute atomic E-state index is 12.2. The highest BCUT2D eigenvalue weighted by atomic mass is 16.5. The molecule has 1 aromatic carbocycles. The first kappa shape index (κ1) is 19.3. The van der Waals surface area contributed by atoms with Crippen molar-refractivity contribution in [1.29, 1.82) is 0 Å². The minimum Gasteiger partial charge on any atom is -0.495 e. The van der Waals surface area contributed by atoms with E-state index in [2.05, 4.69) is 41.4 Å². The van der Waals surface area contributed by atoms with Crippen LogP contribution >= 0.6 is 0 Å². The number of aromatic amines is 1. The summed E-state index contributed by atoms with van der Waals surface area (Å²) in [6.45, 7) is 6.58. The van der Waals surface area contributed by atoms with E-state index in [0.717, 1.165) is 5.56 Å². The lowest BCUT2D eigenvalue weighted by Gasteiger charge is -2.21. The van der Waals surface area contributed by atoms with Gasteiger partial charge in [0.1, 0.15) is 17.4 Å². The minimum absolute atomic E-state index is 0.0516. The van der Waals surface area contributed by atoms with Gasteiger partial charge in [0.05, 0.1) is 12.8 Å². The number of urea groups is 1. The second-order valence-corrected chi connectivity index (χ2v) is 6.91. The Kier molecular flexibility index (Phi) is 5.86. The predicted octanol–water partition coefficient (Wildman–Crippen LogP) is 2.02. The molecule has 0 aliphatic rings. The van der Waals surface area contributed by atoms with Crippen molar-refractivity contribution in [2.45, 2.75) is 32.6 Å². The van der Waals surface area contributed by atoms with Crippen LogP contribution in [-0.2, 0) is 11.8 Å². The van der Waals surface area contributed by atoms with E-state index in [-0.39, 0.29) is 22.8 Å². The molecule has 5 N–H and O–H groups in total. The van der Waals surface area contributed by atoms with Gasteiger partial charge in [0.2, 0.25) is 0 Å². The molecule has 0 saturated heterocycles. The summed E-state index contributed by atoms with van der Waals surface area (Å²) >= 11 is 0. The fourth-order valence-corrected chi connectivity index (χ4v) is 2.38. The fraction of sp³-hybridized carbons (Fsp3) is 0.389. The molecule has 0 atom stereocenters. The molecule has 0 aliphatic carbocycles. The van der Waals surface area contributed by atoms with Gasteiger partial charge in [-0.1, -0.05) is 26.8 Å². The number of nitrogen functional groups attached to an aromatic ring is 1. The third kappa shape index (κ3) is 5.23. The van der Waals surface area contributed by atoms with Crippen molar-refractivity contribution in [2.24, 2.45) is 0 Å². The van der Waals surface area contributed by atoms with Gasteiger partial charge in [0.25, 0.3) is 5.56 Å². The third-order valence-corrected chi connectivity index (χ3v) is 3.77. The maximum Gasteiger partial charge on any atom is 0.319 e. The Morgan fingerprint density at radius 1 is 1.31 bits per heavy atom. The Bertz CT molecular complexity index is 839. The number of aromatic nitrogens is 2. The molecule has 0 radical (unpaired) electrons. The van der Waals surface area contributed by atoms with Crippen LogP contribution in [0.25, 0.3) is 0 Å². The van der Waals surface area contributed by atoms with Crippen LogP contribution in [0.4, 0.5) is 16.3 Å². The Labute approximate surface area is 152 Å². The van der Waals surface area contributed by atoms with Crippen LogP contribution in [0.2, 0.25) is 0 Å². The largest absolute Gasteiger partial charge is 0.495 e. The number of hydrogen-bond acceptors (Lipinski definition) is 5. The molecule has 0 bridgehead atoms. The Hall–Kier alpha value is -3.03. The molecule has 2 amide bonds. The summed E-state index contributed by atoms with van der Waals surface area (Å²) in [7, 11) is 1.55. The normalized spacial score (nSPS) is 11.1. The van der Waals surface area contributed by atoms with Gasteiger partial charge in [-0.25, -0.2) is 9.78 Å². The first-order chi connectivity index (χ1) is 12.2. The molecular weight excluding hydrogens is 334 g/mol. The molecule has 1 heterocycles. The molecule has 0 saturated carbocycles. The zero-order chi connectivity index (χ0) is 19.3. The zero-order valence-corrected chi connectivity index (χ0v) is 15.5. The number of ether oxygens (including phenoxy) is 1. The number of nitrogens with zero attached hydrogens (tertiary/aromatic N) is 1. The number of nitrogens with one attached hydrogen (secondary N) is 3. The predicted molar refractivity (Wildman–Crippen MR) is 102 cm³/mol. The molecule has 2 aromatic rings. The van der Waals surface area contributed by atoms with Crippen LogP contribution in [0.5, 0.6) is 5.75 Å². The van der Waals surface area contributed by atoms with Crippen molar-refractivity contribution in [2.75, 3.05) is 24.7 Å². The minimum atomic E-state index is -0.374. The Balaban J connectivity index is 1.99. The average Bonchev–Trinajstić information content (AvgIpc) is 2.53. The van der Waals surface area contributed by atoms with Gasteiger partial charge in [-0.05, 0) is 23.1 Å². The number of benzene rings is 1. The van der Waals surface area contributed by atoms with Crippen LogP contribution in [0.15, 0.2) is 29.1 Å². The standard InChI is InChI=1S/C18H25N5O3/c1-18(2,3)11-5-6-13(26-4)12(9-11)21-17(25)20-8-7-15-22-14(19)10-16(24)23-15/h5-6,9-10H,7-8H2,1-4H3,(H2,20,21,25)(H3,19,22,23,24). The molecule has 2 rings (SSSR count). The summed E-state index contributed by atoms with van der Waals surface area (Å²) in [4.78, 5) is 30.1. The number of hydrogen-bond donors (Lipinski definition) is 4. The van der Waals surface area contributed by atoms with E-state index in [1.807, 2.05) is 18.2 Å². The van der Waals surface area contributed by atoms with Crippen LogP contribution < -0.4 is 26.7 Å². The SMILES string of the molecule is COc1ccc(C(C)(C)C)cc1NC(=O)NCCc1nc(N)cc(=O)[nH]1. The highest BCUT2D eigenvalue weighted by Gasteiger charge is 2.17. The number of nitrogens with two attached hydrogens (primary N) is 1. The molecule has 0 unspecified atom stereocenters. The summed E-state index contributed by atoms with van der Waals surface area (Å²) in [5.74, 6) is 1.15. The van der Waals surface area contributed by atoms with E-state index in [9.17, 15) is 9.59 Å². The Morgan fingerprint density at radius 2 is 2.04 bits per heavy atom. The number of anilines is 2. The van der Waals surface area contributed by atoms with Crippen LogP contribution in [0.1, 0.15) is 32.2 Å². The second-order valence-electron chi connectivity index (χ2n) is 6.91. The summed E-state index contributed by atoms with van der Waals surface area (Å²) in [5, 5.41) is 5.51. The summed E-state index contributed by atoms with van der Waals surface area (Å²) in [5.41, 5.74) is 6.83. The van der Waals surface area contributed by atoms with Crippen molar-refractivity contribution < 1.29 is 9.53 Å². The molecule has 140 valence electrons. The molecule has 8 heteroatoms. The van der Waals surface area contributed by atoms with Crippen molar-refractivity contribution in [3.63, 3.8) is 0 Å². The first-order valence-corrected chi connectivity index (χ1v) is 8.28. The third-order valence-electron chi connectivity index (χ3n) is 3.77. The molecule has 0 fully saturated rings. The van der Waals surface area contributed by atoms with Crippen LogP contribution in [0, 0.1) is 0 Å². The van der Waals surface area contributed by atoms with Gasteiger partial charge >= 0.3 is 6.03 Å². The van der Waals surface area contributed by atoms with Crippen LogP contribution in [-0.4, -0.2) is 29.7 Å². The molecular formula is C18H25N5O3. The number of carbonyl (C=O) groups is 1. The molecule has 0 aliphatic heterocycles. The molecule has 26 heavy (non-hydrogen) atoms. The van der Waals surface area contributed by atoms with Gasteiger partial charge in [-0.15, -0.1) is 0 Å². The molecule has 8 nitrogen and oxygen atoms in total. The smallest absolute Gasteiger partial charge is 0.319 e. The van der Waals surface area contributed by atoms with E-state index in [1.165, 1.54) is 6.07 Å². The number of rotatable bonds is 5. The lowest BCUT2D eigenvalue weighted by atomic mass is 9.87. The van der Waals surface area contributed by atoms with Gasteiger partial charge in [0, 0.05) is 19.0 Å². The molecule has 1 aromatic heterocycles. The summed E-state index contributed by atoms with van der Waals surface area (Å²) in [6, 6.07) is 6.54. The average molecular weight is 359 g/mol. The monoisotopic (exact) mass is 359 g/mol. The first-order valence-electron chi connectivity index (χ1n) is 8.28. The quantitative estimate of drug-likeness (QED) is 0.650. The lowest BCUT2D eigenvalue weighted by Crippen LogP contribution is -2.31. The Morgan fingerprint density at radius 3 is 2.65 bits per heavy atom. The fourth-order valence-electron chi connectivity index (χ4n) is 2.38. The van der Waals surface area contributed by atoms with E-state index in [1.54, 1.807) is 7.11 Å². The molecule has 0 spiro atoms. The summed E-state index contributed by atoms with van der Waals surface area (Å²) in [6.07, 6.45) is 0.354.